The normalized spacial score (nSPS) is 57.4. The molecular formula is C35H56O10. The average Bonchev–Trinajstić information content (AvgIpc) is 3.59. The van der Waals surface area contributed by atoms with Gasteiger partial charge < -0.3 is 50.0 Å². The fourth-order valence-electron chi connectivity index (χ4n) is 12.6. The second-order valence-corrected chi connectivity index (χ2v) is 17.8. The molecule has 7 aliphatic rings. The van der Waals surface area contributed by atoms with Crippen molar-refractivity contribution >= 4 is 0 Å². The van der Waals surface area contributed by atoms with E-state index in [9.17, 15) is 35.7 Å². The van der Waals surface area contributed by atoms with E-state index in [1.54, 1.807) is 0 Å². The summed E-state index contributed by atoms with van der Waals surface area (Å²) in [6, 6.07) is 0. The number of fused-ring (bicyclic) bond motifs is 4. The van der Waals surface area contributed by atoms with E-state index in [4.69, 9.17) is 14.2 Å². The molecule has 10 heteroatoms. The first-order chi connectivity index (χ1) is 20.7. The van der Waals surface area contributed by atoms with Crippen molar-refractivity contribution in [3.05, 3.63) is 11.6 Å². The van der Waals surface area contributed by atoms with E-state index < -0.39 is 65.1 Å². The highest BCUT2D eigenvalue weighted by Crippen LogP contribution is 2.88. The summed E-state index contributed by atoms with van der Waals surface area (Å²) < 4.78 is 18.4. The maximum Gasteiger partial charge on any atom is 0.196 e. The first-order valence-electron chi connectivity index (χ1n) is 17.2. The zero-order valence-electron chi connectivity index (χ0n) is 27.9. The van der Waals surface area contributed by atoms with Crippen molar-refractivity contribution in [1.29, 1.82) is 0 Å². The van der Waals surface area contributed by atoms with Crippen molar-refractivity contribution in [1.82, 2.24) is 0 Å². The molecule has 0 radical (unpaired) electrons. The highest BCUT2D eigenvalue weighted by Gasteiger charge is 2.85. The molecule has 7 N–H and O–H groups in total. The molecule has 0 aromatic heterocycles. The number of hydrogen-bond acceptors (Lipinski definition) is 10. The number of aliphatic hydroxyl groups is 7. The Labute approximate surface area is 266 Å². The minimum absolute atomic E-state index is 0.0365. The van der Waals surface area contributed by atoms with Crippen LogP contribution in [-0.4, -0.2) is 103 Å². The highest BCUT2D eigenvalue weighted by molar-refractivity contribution is 5.47. The molecular weight excluding hydrogens is 580 g/mol. The number of rotatable bonds is 4. The molecule has 0 amide bonds. The zero-order valence-corrected chi connectivity index (χ0v) is 27.9. The zero-order chi connectivity index (χ0) is 32.9. The molecule has 2 heterocycles. The van der Waals surface area contributed by atoms with Crippen molar-refractivity contribution in [2.24, 2.45) is 44.8 Å². The Bertz CT molecular complexity index is 1250. The van der Waals surface area contributed by atoms with Gasteiger partial charge in [-0.25, -0.2) is 0 Å². The fraction of sp³-hybridized carbons (Fsp3) is 0.943. The van der Waals surface area contributed by atoms with Crippen LogP contribution >= 0.6 is 0 Å². The van der Waals surface area contributed by atoms with Crippen LogP contribution in [-0.2, 0) is 14.2 Å². The molecule has 16 atom stereocenters. The third-order valence-corrected chi connectivity index (χ3v) is 15.0. The molecule has 2 spiro atoms. The van der Waals surface area contributed by atoms with E-state index in [2.05, 4.69) is 40.7 Å². The van der Waals surface area contributed by atoms with E-state index in [0.717, 1.165) is 38.5 Å². The Morgan fingerprint density at radius 2 is 1.71 bits per heavy atom. The monoisotopic (exact) mass is 636 g/mol. The second-order valence-electron chi connectivity index (χ2n) is 17.8. The van der Waals surface area contributed by atoms with Gasteiger partial charge in [-0.15, -0.1) is 0 Å². The smallest absolute Gasteiger partial charge is 0.196 e. The number of hydrogen-bond donors (Lipinski definition) is 7. The van der Waals surface area contributed by atoms with Gasteiger partial charge in [0.05, 0.1) is 24.4 Å². The lowest BCUT2D eigenvalue weighted by molar-refractivity contribution is -0.340. The Morgan fingerprint density at radius 1 is 1.02 bits per heavy atom. The molecule has 0 unspecified atom stereocenters. The third kappa shape index (κ3) is 3.93. The van der Waals surface area contributed by atoms with Crippen molar-refractivity contribution in [3.8, 4) is 0 Å². The summed E-state index contributed by atoms with van der Waals surface area (Å²) in [5, 5.41) is 77.0. The quantitative estimate of drug-likeness (QED) is 0.227. The summed E-state index contributed by atoms with van der Waals surface area (Å²) in [6.45, 7) is 13.9. The van der Waals surface area contributed by atoms with Crippen LogP contribution in [0.25, 0.3) is 0 Å². The van der Waals surface area contributed by atoms with Crippen molar-refractivity contribution < 1.29 is 50.0 Å². The third-order valence-electron chi connectivity index (χ3n) is 15.0. The van der Waals surface area contributed by atoms with Gasteiger partial charge in [-0.2, -0.15) is 0 Å². The predicted molar refractivity (Wildman–Crippen MR) is 162 cm³/mol. The molecule has 5 aliphatic carbocycles. The SMILES string of the molecule is C[C@@H]1C[C@@H]([C@@H](O)C(C)(C)O)O[C@]2(O)[C@H]1[C@@]1(C)CC[C@@]34C[C@@]35CC[C@H](O[C@@H]3OC[C@@H](O)[C@H](O)[C@H]3O)C(C)(C)[C@@H]5CC=C4[C@]1(C)[C@H]2O. The predicted octanol–water partition coefficient (Wildman–Crippen LogP) is 2.00. The number of ether oxygens (including phenoxy) is 3. The van der Waals surface area contributed by atoms with E-state index in [0.29, 0.717) is 12.3 Å². The van der Waals surface area contributed by atoms with Crippen LogP contribution < -0.4 is 0 Å². The number of allylic oxidation sites excluding steroid dienone is 1. The molecule has 2 aliphatic heterocycles. The van der Waals surface area contributed by atoms with Crippen LogP contribution in [0.4, 0.5) is 0 Å². The highest BCUT2D eigenvalue weighted by atomic mass is 16.7. The van der Waals surface area contributed by atoms with Gasteiger partial charge in [0.25, 0.3) is 0 Å². The van der Waals surface area contributed by atoms with Gasteiger partial charge in [0, 0.05) is 11.3 Å². The topological polar surface area (TPSA) is 169 Å². The van der Waals surface area contributed by atoms with Crippen LogP contribution in [0.3, 0.4) is 0 Å². The van der Waals surface area contributed by atoms with Crippen molar-refractivity contribution in [2.45, 2.75) is 154 Å². The average molecular weight is 637 g/mol. The van der Waals surface area contributed by atoms with Crippen LogP contribution in [0, 0.1) is 44.8 Å². The van der Waals surface area contributed by atoms with Gasteiger partial charge in [-0.05, 0) is 92.3 Å². The van der Waals surface area contributed by atoms with Crippen LogP contribution in [0.1, 0.15) is 93.4 Å². The lowest BCUT2D eigenvalue weighted by Gasteiger charge is -2.60. The molecule has 7 rings (SSSR count). The first-order valence-corrected chi connectivity index (χ1v) is 17.2. The lowest BCUT2D eigenvalue weighted by atomic mass is 9.44. The molecule has 0 bridgehead atoms. The van der Waals surface area contributed by atoms with Crippen LogP contribution in [0.5, 0.6) is 0 Å². The van der Waals surface area contributed by atoms with Crippen LogP contribution in [0.15, 0.2) is 11.6 Å². The molecule has 256 valence electrons. The Balaban J connectivity index is 1.20. The minimum Gasteiger partial charge on any atom is -0.388 e. The lowest BCUT2D eigenvalue weighted by Crippen LogP contribution is -2.60. The van der Waals surface area contributed by atoms with E-state index >= 15 is 0 Å². The van der Waals surface area contributed by atoms with Gasteiger partial charge in [-0.1, -0.05) is 46.3 Å². The molecule has 0 aromatic carbocycles. The number of aliphatic hydroxyl groups excluding tert-OH is 5. The van der Waals surface area contributed by atoms with E-state index in [1.807, 2.05) is 0 Å². The summed E-state index contributed by atoms with van der Waals surface area (Å²) in [5.74, 6) is -1.94. The molecule has 10 nitrogen and oxygen atoms in total. The summed E-state index contributed by atoms with van der Waals surface area (Å²) in [6.07, 6.45) is -0.0345. The van der Waals surface area contributed by atoms with E-state index in [1.165, 1.54) is 19.4 Å². The second kappa shape index (κ2) is 9.73. The molecule has 45 heavy (non-hydrogen) atoms. The van der Waals surface area contributed by atoms with Crippen molar-refractivity contribution in [2.75, 3.05) is 6.61 Å². The van der Waals surface area contributed by atoms with Gasteiger partial charge in [-0.3, -0.25) is 0 Å². The standard InChI is InChI=1S/C35H56O10/c1-17-14-19(26(39)30(4,5)41)45-35(42)25(17)31(6)12-13-34-16-33(34)11-10-22(44-27-24(38)23(37)18(36)15-43-27)29(2,3)20(33)8-9-21(34)32(31,7)28(35)40/h9,17-20,22-28,36-42H,8,10-16H2,1-7H3/t17-,18-,19+,20+,22+,23+,24-,25-,26-,27+,28-,31-,32-,33-,34+,35-/m1/s1. The van der Waals surface area contributed by atoms with Gasteiger partial charge in [0.1, 0.15) is 30.5 Å². The molecule has 0 aromatic rings. The van der Waals surface area contributed by atoms with Crippen molar-refractivity contribution in [3.63, 3.8) is 0 Å². The maximum atomic E-state index is 12.4. The summed E-state index contributed by atoms with van der Waals surface area (Å²) in [5.41, 5.74) is -1.66. The summed E-state index contributed by atoms with van der Waals surface area (Å²) in [7, 11) is 0. The van der Waals surface area contributed by atoms with E-state index in [-0.39, 0.29) is 40.8 Å². The Kier molecular flexibility index (Phi) is 7.11. The van der Waals surface area contributed by atoms with Gasteiger partial charge in [0.15, 0.2) is 12.1 Å². The minimum atomic E-state index is -1.85. The summed E-state index contributed by atoms with van der Waals surface area (Å²) >= 11 is 0. The fourth-order valence-corrected chi connectivity index (χ4v) is 12.6. The van der Waals surface area contributed by atoms with Crippen LogP contribution in [0.2, 0.25) is 0 Å². The largest absolute Gasteiger partial charge is 0.388 e. The summed E-state index contributed by atoms with van der Waals surface area (Å²) in [4.78, 5) is 0. The maximum absolute atomic E-state index is 12.4. The Hall–Kier alpha value is -0.660. The first kappa shape index (κ1) is 32.9. The molecule has 4 saturated carbocycles. The van der Waals surface area contributed by atoms with Gasteiger partial charge >= 0.3 is 0 Å². The Morgan fingerprint density at radius 3 is 2.38 bits per heavy atom. The van der Waals surface area contributed by atoms with Gasteiger partial charge in [0.2, 0.25) is 0 Å². The molecule has 6 fully saturated rings. The molecule has 2 saturated heterocycles.